The van der Waals surface area contributed by atoms with E-state index in [0.29, 0.717) is 11.4 Å². The molecule has 0 aliphatic rings. The van der Waals surface area contributed by atoms with Gasteiger partial charge in [0, 0.05) is 11.8 Å². The molecule has 2 rings (SSSR count). The molecule has 0 aliphatic carbocycles. The summed E-state index contributed by atoms with van der Waals surface area (Å²) in [6.07, 6.45) is 0.935. The van der Waals surface area contributed by atoms with Crippen LogP contribution in [0, 0.1) is 5.95 Å². The molecule has 0 saturated carbocycles. The van der Waals surface area contributed by atoms with Crippen molar-refractivity contribution < 1.29 is 18.7 Å². The van der Waals surface area contributed by atoms with Crippen LogP contribution in [0.4, 0.5) is 15.0 Å². The fourth-order valence-corrected chi connectivity index (χ4v) is 2.23. The molecule has 0 saturated heterocycles. The lowest BCUT2D eigenvalue weighted by Gasteiger charge is -2.27. The third-order valence-electron chi connectivity index (χ3n) is 3.05. The van der Waals surface area contributed by atoms with Crippen molar-refractivity contribution in [3.8, 4) is 5.88 Å². The van der Waals surface area contributed by atoms with Crippen LogP contribution in [0.15, 0.2) is 34.9 Å². The van der Waals surface area contributed by atoms with Gasteiger partial charge in [-0.25, -0.2) is 14.8 Å². The summed E-state index contributed by atoms with van der Waals surface area (Å²) in [6.45, 7) is 5.33. The summed E-state index contributed by atoms with van der Waals surface area (Å²) in [7, 11) is 1.49. The molecule has 2 heterocycles. The van der Waals surface area contributed by atoms with E-state index in [2.05, 4.69) is 25.9 Å². The number of carbonyl (C=O) groups excluding carboxylic acids is 1. The largest absolute Gasteiger partial charge is 0.481 e. The van der Waals surface area contributed by atoms with Crippen molar-refractivity contribution in [2.75, 3.05) is 12.0 Å². The molecule has 6 nitrogen and oxygen atoms in total. The molecule has 0 bridgehead atoms. The third kappa shape index (κ3) is 5.12. The molecule has 2 aromatic heterocycles. The zero-order valence-corrected chi connectivity index (χ0v) is 16.0. The maximum absolute atomic E-state index is 13.9. The van der Waals surface area contributed by atoms with E-state index in [0.717, 1.165) is 0 Å². The number of anilines is 1. The number of hydrogen-bond acceptors (Lipinski definition) is 5. The van der Waals surface area contributed by atoms with E-state index in [1.807, 2.05) is 0 Å². The van der Waals surface area contributed by atoms with Gasteiger partial charge in [-0.3, -0.25) is 4.90 Å². The fourth-order valence-electron chi connectivity index (χ4n) is 2.01. The number of rotatable bonds is 4. The summed E-state index contributed by atoms with van der Waals surface area (Å²) >= 11 is 3.05. The van der Waals surface area contributed by atoms with Crippen molar-refractivity contribution in [1.29, 1.82) is 0 Å². The second-order valence-electron chi connectivity index (χ2n) is 6.18. The first-order chi connectivity index (χ1) is 11.7. The van der Waals surface area contributed by atoms with E-state index in [-0.39, 0.29) is 16.8 Å². The van der Waals surface area contributed by atoms with Gasteiger partial charge in [0.15, 0.2) is 0 Å². The number of hydrogen-bond donors (Lipinski definition) is 0. The summed E-state index contributed by atoms with van der Waals surface area (Å²) in [6, 6.07) is 6.49. The Morgan fingerprint density at radius 3 is 2.64 bits per heavy atom. The minimum absolute atomic E-state index is 0.0694. The van der Waals surface area contributed by atoms with Crippen molar-refractivity contribution in [1.82, 2.24) is 9.97 Å². The second kappa shape index (κ2) is 7.77. The molecular formula is C17H19BrFN3O3. The standard InChI is InChI=1S/C17H19BrFN3O3/c1-17(2,3)25-16(23)22(13-8-7-12(18)14(19)21-13)10-11-6-5-9-20-15(11)24-4/h5-9H,10H2,1-4H3. The number of carbonyl (C=O) groups is 1. The predicted octanol–water partition coefficient (Wildman–Crippen LogP) is 4.33. The average molecular weight is 412 g/mol. The maximum Gasteiger partial charge on any atom is 0.416 e. The topological polar surface area (TPSA) is 64.5 Å². The van der Waals surface area contributed by atoms with Crippen LogP contribution in [0.5, 0.6) is 5.88 Å². The molecule has 0 N–H and O–H groups in total. The van der Waals surface area contributed by atoms with E-state index < -0.39 is 17.6 Å². The van der Waals surface area contributed by atoms with Crippen LogP contribution in [0.2, 0.25) is 0 Å². The second-order valence-corrected chi connectivity index (χ2v) is 7.03. The van der Waals surface area contributed by atoms with Gasteiger partial charge in [0.05, 0.1) is 18.1 Å². The molecule has 0 fully saturated rings. The molecule has 134 valence electrons. The highest BCUT2D eigenvalue weighted by atomic mass is 79.9. The van der Waals surface area contributed by atoms with E-state index >= 15 is 0 Å². The minimum atomic E-state index is -0.718. The van der Waals surface area contributed by atoms with Crippen molar-refractivity contribution in [3.63, 3.8) is 0 Å². The lowest BCUT2D eigenvalue weighted by atomic mass is 10.2. The van der Waals surface area contributed by atoms with Crippen LogP contribution >= 0.6 is 15.9 Å². The van der Waals surface area contributed by atoms with Gasteiger partial charge in [0.2, 0.25) is 11.8 Å². The zero-order valence-electron chi connectivity index (χ0n) is 14.4. The molecule has 8 heteroatoms. The summed E-state index contributed by atoms with van der Waals surface area (Å²) in [5.74, 6) is -0.223. The Morgan fingerprint density at radius 1 is 1.32 bits per heavy atom. The number of pyridine rings is 2. The Hall–Kier alpha value is -2.22. The molecule has 0 atom stereocenters. The Kier molecular flexibility index (Phi) is 5.94. The average Bonchev–Trinajstić information content (AvgIpc) is 2.54. The first kappa shape index (κ1) is 19.1. The molecule has 2 aromatic rings. The molecule has 1 amide bonds. The smallest absolute Gasteiger partial charge is 0.416 e. The van der Waals surface area contributed by atoms with Gasteiger partial charge in [-0.1, -0.05) is 6.07 Å². The zero-order chi connectivity index (χ0) is 18.6. The first-order valence-corrected chi connectivity index (χ1v) is 8.31. The molecular weight excluding hydrogens is 393 g/mol. The van der Waals surface area contributed by atoms with E-state index in [4.69, 9.17) is 9.47 Å². The number of ether oxygens (including phenoxy) is 2. The van der Waals surface area contributed by atoms with Gasteiger partial charge in [0.25, 0.3) is 0 Å². The molecule has 0 radical (unpaired) electrons. The summed E-state index contributed by atoms with van der Waals surface area (Å²) in [5, 5.41) is 0. The number of methoxy groups -OCH3 is 1. The van der Waals surface area contributed by atoms with Gasteiger partial charge in [-0.05, 0) is 54.9 Å². The van der Waals surface area contributed by atoms with E-state index in [1.165, 1.54) is 24.1 Å². The van der Waals surface area contributed by atoms with E-state index in [1.54, 1.807) is 39.1 Å². The fraction of sp³-hybridized carbons (Fsp3) is 0.353. The summed E-state index contributed by atoms with van der Waals surface area (Å²) in [4.78, 5) is 21.8. The molecule has 0 unspecified atom stereocenters. The van der Waals surface area contributed by atoms with Gasteiger partial charge in [-0.15, -0.1) is 0 Å². The Balaban J connectivity index is 2.41. The van der Waals surface area contributed by atoms with Gasteiger partial charge < -0.3 is 9.47 Å². The molecule has 0 spiro atoms. The predicted molar refractivity (Wildman–Crippen MR) is 95.1 cm³/mol. The monoisotopic (exact) mass is 411 g/mol. The van der Waals surface area contributed by atoms with Gasteiger partial charge in [0.1, 0.15) is 11.4 Å². The molecule has 0 aromatic carbocycles. The normalized spacial score (nSPS) is 11.1. The Bertz CT molecular complexity index is 765. The Labute approximate surface area is 154 Å². The van der Waals surface area contributed by atoms with Crippen molar-refractivity contribution in [3.05, 3.63) is 46.4 Å². The first-order valence-electron chi connectivity index (χ1n) is 7.51. The van der Waals surface area contributed by atoms with Crippen molar-refractivity contribution >= 4 is 27.8 Å². The lowest BCUT2D eigenvalue weighted by molar-refractivity contribution is 0.0576. The number of aromatic nitrogens is 2. The van der Waals surface area contributed by atoms with Gasteiger partial charge in [-0.2, -0.15) is 4.39 Å². The van der Waals surface area contributed by atoms with Crippen molar-refractivity contribution in [2.24, 2.45) is 0 Å². The van der Waals surface area contributed by atoms with E-state index in [9.17, 15) is 9.18 Å². The molecule has 25 heavy (non-hydrogen) atoms. The van der Waals surface area contributed by atoms with Crippen LogP contribution in [0.3, 0.4) is 0 Å². The highest BCUT2D eigenvalue weighted by molar-refractivity contribution is 9.10. The summed E-state index contributed by atoms with van der Waals surface area (Å²) < 4.78 is 24.7. The SMILES string of the molecule is COc1ncccc1CN(C(=O)OC(C)(C)C)c1ccc(Br)c(F)n1. The minimum Gasteiger partial charge on any atom is -0.481 e. The molecule has 0 aliphatic heterocycles. The Morgan fingerprint density at radius 2 is 2.04 bits per heavy atom. The van der Waals surface area contributed by atoms with Gasteiger partial charge >= 0.3 is 6.09 Å². The number of halogens is 2. The number of nitrogens with zero attached hydrogens (tertiary/aromatic N) is 3. The lowest BCUT2D eigenvalue weighted by Crippen LogP contribution is -2.37. The number of amides is 1. The van der Waals surface area contributed by atoms with Crippen LogP contribution in [0.25, 0.3) is 0 Å². The van der Waals surface area contributed by atoms with Crippen LogP contribution < -0.4 is 9.64 Å². The quantitative estimate of drug-likeness (QED) is 0.700. The third-order valence-corrected chi connectivity index (χ3v) is 3.64. The van der Waals surface area contributed by atoms with Crippen LogP contribution in [-0.2, 0) is 11.3 Å². The highest BCUT2D eigenvalue weighted by Gasteiger charge is 2.26. The highest BCUT2D eigenvalue weighted by Crippen LogP contribution is 2.24. The summed E-state index contributed by atoms with van der Waals surface area (Å²) in [5.41, 5.74) is -0.0663. The van der Waals surface area contributed by atoms with Crippen molar-refractivity contribution in [2.45, 2.75) is 32.9 Å². The van der Waals surface area contributed by atoms with Crippen LogP contribution in [0.1, 0.15) is 26.3 Å². The maximum atomic E-state index is 13.9. The van der Waals surface area contributed by atoms with Crippen LogP contribution in [-0.4, -0.2) is 28.8 Å².